The Bertz CT molecular complexity index is 1500. The monoisotopic (exact) mass is 522 g/mol. The van der Waals surface area contributed by atoms with Gasteiger partial charge in [-0.25, -0.2) is 0 Å². The Hall–Kier alpha value is -3.01. The molecule has 0 bridgehead atoms. The lowest BCUT2D eigenvalue weighted by atomic mass is 10.1. The van der Waals surface area contributed by atoms with E-state index in [0.717, 1.165) is 0 Å². The van der Waals surface area contributed by atoms with E-state index in [1.54, 1.807) is 0 Å². The van der Waals surface area contributed by atoms with Gasteiger partial charge in [-0.1, -0.05) is 12.1 Å². The summed E-state index contributed by atoms with van der Waals surface area (Å²) < 4.78 is 98.9. The van der Waals surface area contributed by atoms with Crippen molar-refractivity contribution in [3.05, 3.63) is 47.5 Å². The van der Waals surface area contributed by atoms with Crippen molar-refractivity contribution in [1.29, 1.82) is 0 Å². The van der Waals surface area contributed by atoms with Crippen molar-refractivity contribution in [2.75, 3.05) is 46.2 Å². The third-order valence-electron chi connectivity index (χ3n) is 6.18. The van der Waals surface area contributed by atoms with E-state index in [2.05, 4.69) is 0 Å². The molecule has 0 radical (unpaired) electrons. The molecule has 2 atom stereocenters. The predicted molar refractivity (Wildman–Crippen MR) is 136 cm³/mol. The number of ether oxygens (including phenoxy) is 4. The van der Waals surface area contributed by atoms with Crippen molar-refractivity contribution in [3.8, 4) is 23.0 Å². The Morgan fingerprint density at radius 3 is 2.14 bits per heavy atom. The fourth-order valence-corrected chi connectivity index (χ4v) is 4.26. The first-order valence-electron chi connectivity index (χ1n) is 17.2. The van der Waals surface area contributed by atoms with Crippen LogP contribution in [0.1, 0.15) is 50.5 Å². The van der Waals surface area contributed by atoms with E-state index in [4.69, 9.17) is 32.7 Å². The normalized spacial score (nSPS) is 30.3. The number of likely N-dealkylation sites (tertiary alicyclic amines) is 2. The number of carbonyl (C=O) groups excluding carboxylic acids is 1. The van der Waals surface area contributed by atoms with Crippen LogP contribution in [0.4, 0.5) is 0 Å². The van der Waals surface area contributed by atoms with Crippen LogP contribution in [-0.4, -0.2) is 84.3 Å². The van der Waals surface area contributed by atoms with Crippen LogP contribution in [0.2, 0.25) is 0 Å². The van der Waals surface area contributed by atoms with Crippen molar-refractivity contribution in [2.24, 2.45) is 0 Å². The lowest BCUT2D eigenvalue weighted by Crippen LogP contribution is -2.42. The lowest BCUT2D eigenvalue weighted by Gasteiger charge is -2.30. The quantitative estimate of drug-likeness (QED) is 0.617. The second kappa shape index (κ2) is 12.0. The van der Waals surface area contributed by atoms with Crippen LogP contribution in [0.5, 0.6) is 23.0 Å². The maximum Gasteiger partial charge on any atom is 0.231 e. The van der Waals surface area contributed by atoms with Crippen LogP contribution in [-0.2, 0) is 17.5 Å². The summed E-state index contributed by atoms with van der Waals surface area (Å²) in [5.41, 5.74) is 0.0789. The van der Waals surface area contributed by atoms with Gasteiger partial charge < -0.3 is 39.0 Å². The molecule has 9 heteroatoms. The Morgan fingerprint density at radius 1 is 0.865 bits per heavy atom. The molecular formula is C28H36N2O7. The summed E-state index contributed by atoms with van der Waals surface area (Å²) in [4.78, 5) is 15.1. The second-order valence-corrected chi connectivity index (χ2v) is 9.05. The topological polar surface area (TPSA) is 101 Å². The molecule has 200 valence electrons. The van der Waals surface area contributed by atoms with E-state index in [1.165, 1.54) is 46.2 Å². The number of amides is 1. The van der Waals surface area contributed by atoms with Crippen LogP contribution >= 0.6 is 0 Å². The van der Waals surface area contributed by atoms with Crippen molar-refractivity contribution in [2.45, 2.75) is 50.6 Å². The molecule has 1 amide bonds. The van der Waals surface area contributed by atoms with Crippen molar-refractivity contribution >= 4 is 5.91 Å². The Morgan fingerprint density at radius 2 is 1.46 bits per heavy atom. The number of fused-ring (bicyclic) bond motifs is 2. The molecule has 2 N–H and O–H groups in total. The minimum Gasteiger partial charge on any atom is -0.454 e. The number of hydrogen-bond donors (Lipinski definition) is 2. The number of benzene rings is 2. The average Bonchev–Trinajstić information content (AvgIpc) is 3.48. The predicted octanol–water partition coefficient (Wildman–Crippen LogP) is 2.36. The molecule has 2 saturated heterocycles. The summed E-state index contributed by atoms with van der Waals surface area (Å²) in [7, 11) is 0. The second-order valence-electron chi connectivity index (χ2n) is 9.05. The number of rotatable bonds is 5. The van der Waals surface area contributed by atoms with E-state index in [0.29, 0.717) is 38.8 Å². The molecule has 4 aliphatic heterocycles. The minimum absolute atomic E-state index is 0.0209. The zero-order valence-corrected chi connectivity index (χ0v) is 20.1. The van der Waals surface area contributed by atoms with Gasteiger partial charge in [0.1, 0.15) is 5.48 Å². The summed E-state index contributed by atoms with van der Waals surface area (Å²) in [6.07, 6.45) is -3.59. The molecule has 2 unspecified atom stereocenters. The highest BCUT2D eigenvalue weighted by Gasteiger charge is 2.23. The number of aryl methyl sites for hydroxylation is 1. The van der Waals surface area contributed by atoms with E-state index >= 15 is 0 Å². The number of aliphatic hydroxyl groups excluding tert-OH is 2. The highest BCUT2D eigenvalue weighted by Crippen LogP contribution is 2.33. The molecule has 0 aromatic heterocycles. The van der Waals surface area contributed by atoms with Crippen molar-refractivity contribution in [3.63, 3.8) is 0 Å². The summed E-state index contributed by atoms with van der Waals surface area (Å²) in [5, 5.41) is 19.4. The Balaban J connectivity index is 0.000000185. The van der Waals surface area contributed by atoms with E-state index in [9.17, 15) is 15.0 Å². The lowest BCUT2D eigenvalue weighted by molar-refractivity contribution is -0.133. The van der Waals surface area contributed by atoms with Crippen LogP contribution in [0.25, 0.3) is 0 Å². The molecule has 6 rings (SSSR count). The van der Waals surface area contributed by atoms with Gasteiger partial charge >= 0.3 is 0 Å². The number of hydrogen-bond acceptors (Lipinski definition) is 8. The van der Waals surface area contributed by atoms with Gasteiger partial charge in [0.25, 0.3) is 0 Å². The third kappa shape index (κ3) is 6.85. The number of nitrogens with zero attached hydrogens (tertiary/aromatic N) is 2. The van der Waals surface area contributed by atoms with Crippen LogP contribution in [0.15, 0.2) is 36.4 Å². The fraction of sp³-hybridized carbons (Fsp3) is 0.536. The molecule has 4 aliphatic rings. The van der Waals surface area contributed by atoms with Gasteiger partial charge in [0.2, 0.25) is 19.4 Å². The van der Waals surface area contributed by atoms with Crippen LogP contribution in [0, 0.1) is 0 Å². The first kappa shape index (κ1) is 16.1. The van der Waals surface area contributed by atoms with Gasteiger partial charge in [-0.3, -0.25) is 4.79 Å². The highest BCUT2D eigenvalue weighted by molar-refractivity contribution is 5.79. The molecule has 2 aromatic carbocycles. The number of piperidine rings is 2. The third-order valence-corrected chi connectivity index (χ3v) is 6.18. The number of carbonyl (C=O) groups is 1. The smallest absolute Gasteiger partial charge is 0.231 e. The zero-order chi connectivity index (χ0) is 34.6. The molecule has 0 aliphatic carbocycles. The van der Waals surface area contributed by atoms with Gasteiger partial charge in [-0.15, -0.1) is 0 Å². The standard InChI is InChI=1S/C14H17NO4.C14H19NO3/c16-11-2-1-5-15(8-11)14(17)7-10-3-4-12-13(6-10)19-9-18-12;16-12-2-1-6-15(9-12)7-5-11-3-4-13-14(8-11)18-10-17-13/h3-4,6,11,16H,1-2,5,7-9H2;3-4,8,12,16H,1-2,5-7,9-10H2/i7D2,9D2;5D2,7D2,10D2. The molecule has 9 nitrogen and oxygen atoms in total. The SMILES string of the molecule is [2H]C1([2H])Oc2ccc(C([2H])([2H])C(=O)N3CCCC(O)C3)cc2O1.[2H]C1([2H])Oc2ccc(C([2H])([2H])C([2H])([2H])N3CCCC(O)C3)cc2O1. The molecule has 4 heterocycles. The van der Waals surface area contributed by atoms with Crippen LogP contribution < -0.4 is 18.9 Å². The summed E-state index contributed by atoms with van der Waals surface area (Å²) in [6, 6.07) is 8.03. The first-order valence-corrected chi connectivity index (χ1v) is 12.2. The van der Waals surface area contributed by atoms with Crippen molar-refractivity contribution < 1.29 is 47.7 Å². The summed E-state index contributed by atoms with van der Waals surface area (Å²) in [6.45, 7) is -6.01. The molecule has 0 saturated carbocycles. The zero-order valence-electron chi connectivity index (χ0n) is 30.1. The van der Waals surface area contributed by atoms with E-state index < -0.39 is 50.8 Å². The van der Waals surface area contributed by atoms with Gasteiger partial charge in [-0.2, -0.15) is 0 Å². The largest absolute Gasteiger partial charge is 0.454 e. The summed E-state index contributed by atoms with van der Waals surface area (Å²) >= 11 is 0. The number of aliphatic hydroxyl groups is 2. The molecule has 2 aromatic rings. The van der Waals surface area contributed by atoms with Gasteiger partial charge in [0, 0.05) is 34.4 Å². The highest BCUT2D eigenvalue weighted by atomic mass is 16.7. The molecule has 37 heavy (non-hydrogen) atoms. The van der Waals surface area contributed by atoms with E-state index in [1.807, 2.05) is 0 Å². The van der Waals surface area contributed by atoms with Crippen LogP contribution in [0.3, 0.4) is 0 Å². The first-order chi connectivity index (χ1) is 21.7. The van der Waals surface area contributed by atoms with Gasteiger partial charge in [0.15, 0.2) is 23.0 Å². The maximum absolute atomic E-state index is 12.5. The van der Waals surface area contributed by atoms with Crippen molar-refractivity contribution in [1.82, 2.24) is 9.80 Å². The average molecular weight is 523 g/mol. The van der Waals surface area contributed by atoms with Gasteiger partial charge in [-0.05, 0) is 74.0 Å². The van der Waals surface area contributed by atoms with Gasteiger partial charge in [0.05, 0.1) is 18.6 Å². The Labute approximate surface area is 231 Å². The molecule has 0 spiro atoms. The fourth-order valence-electron chi connectivity index (χ4n) is 4.26. The molecular weight excluding hydrogens is 476 g/mol. The van der Waals surface area contributed by atoms with E-state index in [-0.39, 0.29) is 47.2 Å². The maximum atomic E-state index is 12.5. The minimum atomic E-state index is -2.39. The molecule has 2 fully saturated rings. The summed E-state index contributed by atoms with van der Waals surface area (Å²) in [5.74, 6) is -0.319. The Kier molecular flexibility index (Phi) is 5.22. The number of β-amino-alcohol motifs (C(OH)–C–C–N with tert-alkyl or cyclic N) is 2.